The van der Waals surface area contributed by atoms with Crippen molar-refractivity contribution in [2.24, 2.45) is 0 Å². The molecule has 1 amide bonds. The van der Waals surface area contributed by atoms with Gasteiger partial charge >= 0.3 is 0 Å². The molecule has 2 aromatic heterocycles. The first-order valence-electron chi connectivity index (χ1n) is 8.16. The lowest BCUT2D eigenvalue weighted by Gasteiger charge is -2.36. The molecule has 1 fully saturated rings. The van der Waals surface area contributed by atoms with Crippen molar-refractivity contribution in [3.05, 3.63) is 46.3 Å². The Morgan fingerprint density at radius 3 is 2.67 bits per heavy atom. The van der Waals surface area contributed by atoms with Gasteiger partial charge in [0.25, 0.3) is 5.91 Å². The molecule has 0 radical (unpaired) electrons. The van der Waals surface area contributed by atoms with Crippen LogP contribution in [0.15, 0.2) is 35.2 Å². The number of morpholine rings is 1. The minimum Gasteiger partial charge on any atom is -0.372 e. The Kier molecular flexibility index (Phi) is 5.16. The minimum atomic E-state index is -0.0102. The maximum Gasteiger partial charge on any atom is 0.255 e. The molecule has 5 nitrogen and oxygen atoms in total. The minimum absolute atomic E-state index is 0.0102. The number of pyridine rings is 1. The van der Waals surface area contributed by atoms with E-state index in [9.17, 15) is 4.79 Å². The van der Waals surface area contributed by atoms with Crippen molar-refractivity contribution >= 4 is 23.1 Å². The molecule has 0 N–H and O–H groups in total. The van der Waals surface area contributed by atoms with Crippen LogP contribution < -0.4 is 4.90 Å². The maximum absolute atomic E-state index is 12.5. The van der Waals surface area contributed by atoms with Gasteiger partial charge in [-0.25, -0.2) is 4.98 Å². The van der Waals surface area contributed by atoms with Crippen LogP contribution in [-0.2, 0) is 11.3 Å². The zero-order valence-corrected chi connectivity index (χ0v) is 15.1. The van der Waals surface area contributed by atoms with Crippen LogP contribution in [0.1, 0.15) is 29.8 Å². The Morgan fingerprint density at radius 2 is 2.08 bits per heavy atom. The lowest BCUT2D eigenvalue weighted by atomic mass is 10.2. The van der Waals surface area contributed by atoms with Crippen molar-refractivity contribution in [3.63, 3.8) is 0 Å². The molecule has 6 heteroatoms. The molecule has 0 aliphatic carbocycles. The molecule has 0 bridgehead atoms. The summed E-state index contributed by atoms with van der Waals surface area (Å²) in [5.41, 5.74) is 1.77. The molecule has 1 aliphatic rings. The number of nitrogens with zero attached hydrogens (tertiary/aromatic N) is 3. The van der Waals surface area contributed by atoms with E-state index in [4.69, 9.17) is 4.74 Å². The van der Waals surface area contributed by atoms with Crippen molar-refractivity contribution in [3.8, 4) is 0 Å². The highest BCUT2D eigenvalue weighted by molar-refractivity contribution is 7.07. The summed E-state index contributed by atoms with van der Waals surface area (Å²) in [6.45, 7) is 6.40. The van der Waals surface area contributed by atoms with E-state index in [0.29, 0.717) is 12.1 Å². The third-order valence-electron chi connectivity index (χ3n) is 4.08. The van der Waals surface area contributed by atoms with Crippen molar-refractivity contribution in [2.45, 2.75) is 32.6 Å². The molecule has 0 aromatic carbocycles. The summed E-state index contributed by atoms with van der Waals surface area (Å²) in [4.78, 5) is 20.9. The monoisotopic (exact) mass is 345 g/mol. The van der Waals surface area contributed by atoms with Gasteiger partial charge in [-0.15, -0.1) is 0 Å². The van der Waals surface area contributed by atoms with Gasteiger partial charge in [-0.2, -0.15) is 11.3 Å². The van der Waals surface area contributed by atoms with E-state index in [0.717, 1.165) is 24.5 Å². The van der Waals surface area contributed by atoms with Crippen LogP contribution in [0.4, 0.5) is 5.82 Å². The van der Waals surface area contributed by atoms with Crippen molar-refractivity contribution < 1.29 is 9.53 Å². The van der Waals surface area contributed by atoms with Crippen LogP contribution in [0.2, 0.25) is 0 Å². The number of hydrogen-bond donors (Lipinski definition) is 0. The Bertz CT molecular complexity index is 662. The SMILES string of the molecule is CC1CN(c2ccc(C(=O)N(C)Cc3ccsc3)cn2)CC(C)O1. The van der Waals surface area contributed by atoms with Gasteiger partial charge in [0.05, 0.1) is 17.8 Å². The maximum atomic E-state index is 12.5. The lowest BCUT2D eigenvalue weighted by molar-refractivity contribution is -0.00546. The van der Waals surface area contributed by atoms with Gasteiger partial charge in [0, 0.05) is 32.9 Å². The van der Waals surface area contributed by atoms with E-state index in [2.05, 4.69) is 29.1 Å². The predicted molar refractivity (Wildman–Crippen MR) is 96.6 cm³/mol. The first-order valence-corrected chi connectivity index (χ1v) is 9.10. The highest BCUT2D eigenvalue weighted by Crippen LogP contribution is 2.19. The number of ether oxygens (including phenoxy) is 1. The summed E-state index contributed by atoms with van der Waals surface area (Å²) in [7, 11) is 1.82. The van der Waals surface area contributed by atoms with Crippen molar-refractivity contribution in [2.75, 3.05) is 25.0 Å². The van der Waals surface area contributed by atoms with Crippen LogP contribution >= 0.6 is 11.3 Å². The second kappa shape index (κ2) is 7.32. The summed E-state index contributed by atoms with van der Waals surface area (Å²) in [5, 5.41) is 4.08. The zero-order chi connectivity index (χ0) is 17.1. The highest BCUT2D eigenvalue weighted by atomic mass is 32.1. The fourth-order valence-corrected chi connectivity index (χ4v) is 3.67. The predicted octanol–water partition coefficient (Wildman–Crippen LogP) is 3.03. The number of rotatable bonds is 4. The van der Waals surface area contributed by atoms with Crippen LogP contribution in [-0.4, -0.2) is 48.1 Å². The molecule has 2 unspecified atom stereocenters. The van der Waals surface area contributed by atoms with E-state index in [-0.39, 0.29) is 18.1 Å². The first-order chi connectivity index (χ1) is 11.5. The molecular weight excluding hydrogens is 322 g/mol. The van der Waals surface area contributed by atoms with Gasteiger partial charge in [-0.1, -0.05) is 0 Å². The summed E-state index contributed by atoms with van der Waals surface area (Å²) >= 11 is 1.64. The van der Waals surface area contributed by atoms with E-state index in [1.165, 1.54) is 0 Å². The third-order valence-corrected chi connectivity index (χ3v) is 4.82. The zero-order valence-electron chi connectivity index (χ0n) is 14.3. The van der Waals surface area contributed by atoms with Crippen molar-refractivity contribution in [1.82, 2.24) is 9.88 Å². The van der Waals surface area contributed by atoms with E-state index in [1.54, 1.807) is 22.4 Å². The molecule has 1 saturated heterocycles. The molecule has 0 spiro atoms. The highest BCUT2D eigenvalue weighted by Gasteiger charge is 2.23. The lowest BCUT2D eigenvalue weighted by Crippen LogP contribution is -2.45. The standard InChI is InChI=1S/C18H23N3O2S/c1-13-9-21(10-14(2)23-13)17-5-4-16(8-19-17)18(22)20(3)11-15-6-7-24-12-15/h4-8,12-14H,9-11H2,1-3H3. The average molecular weight is 345 g/mol. The Morgan fingerprint density at radius 1 is 1.33 bits per heavy atom. The molecule has 2 atom stereocenters. The van der Waals surface area contributed by atoms with Crippen LogP contribution in [0.25, 0.3) is 0 Å². The number of aromatic nitrogens is 1. The van der Waals surface area contributed by atoms with Gasteiger partial charge in [0.1, 0.15) is 5.82 Å². The number of carbonyl (C=O) groups excluding carboxylic acids is 1. The molecule has 128 valence electrons. The molecule has 3 heterocycles. The summed E-state index contributed by atoms with van der Waals surface area (Å²) in [6, 6.07) is 5.83. The summed E-state index contributed by atoms with van der Waals surface area (Å²) < 4.78 is 5.75. The molecule has 24 heavy (non-hydrogen) atoms. The van der Waals surface area contributed by atoms with E-state index >= 15 is 0 Å². The number of amides is 1. The van der Waals surface area contributed by atoms with E-state index < -0.39 is 0 Å². The van der Waals surface area contributed by atoms with Crippen LogP contribution in [0, 0.1) is 0 Å². The van der Waals surface area contributed by atoms with Gasteiger partial charge in [-0.3, -0.25) is 4.79 Å². The summed E-state index contributed by atoms with van der Waals surface area (Å²) in [6.07, 6.45) is 2.05. The molecule has 0 saturated carbocycles. The fourth-order valence-electron chi connectivity index (χ4n) is 3.01. The number of anilines is 1. The Balaban J connectivity index is 1.66. The Labute approximate surface area is 146 Å². The number of thiophene rings is 1. The third kappa shape index (κ3) is 3.94. The average Bonchev–Trinajstić information content (AvgIpc) is 3.06. The first kappa shape index (κ1) is 16.9. The van der Waals surface area contributed by atoms with Gasteiger partial charge in [0.15, 0.2) is 0 Å². The Hall–Kier alpha value is -1.92. The van der Waals surface area contributed by atoms with Gasteiger partial charge in [-0.05, 0) is 48.4 Å². The molecule has 1 aliphatic heterocycles. The molecule has 2 aromatic rings. The van der Waals surface area contributed by atoms with Gasteiger partial charge < -0.3 is 14.5 Å². The number of carbonyl (C=O) groups is 1. The normalized spacial score (nSPS) is 20.9. The topological polar surface area (TPSA) is 45.7 Å². The van der Waals surface area contributed by atoms with Crippen LogP contribution in [0.5, 0.6) is 0 Å². The van der Waals surface area contributed by atoms with Crippen molar-refractivity contribution in [1.29, 1.82) is 0 Å². The number of hydrogen-bond acceptors (Lipinski definition) is 5. The molecular formula is C18H23N3O2S. The van der Waals surface area contributed by atoms with E-state index in [1.807, 2.05) is 30.6 Å². The second-order valence-corrected chi connectivity index (χ2v) is 7.14. The molecule has 3 rings (SSSR count). The smallest absolute Gasteiger partial charge is 0.255 e. The second-order valence-electron chi connectivity index (χ2n) is 6.36. The van der Waals surface area contributed by atoms with Crippen LogP contribution in [0.3, 0.4) is 0 Å². The fraction of sp³-hybridized carbons (Fsp3) is 0.444. The quantitative estimate of drug-likeness (QED) is 0.854. The van der Waals surface area contributed by atoms with Gasteiger partial charge in [0.2, 0.25) is 0 Å². The largest absolute Gasteiger partial charge is 0.372 e. The summed E-state index contributed by atoms with van der Waals surface area (Å²) in [5.74, 6) is 0.887.